The second-order valence-electron chi connectivity index (χ2n) is 5.11. The predicted octanol–water partition coefficient (Wildman–Crippen LogP) is -2.04. The summed E-state index contributed by atoms with van der Waals surface area (Å²) in [5.74, 6) is 0. The zero-order chi connectivity index (χ0) is 16.9. The summed E-state index contributed by atoms with van der Waals surface area (Å²) in [5.41, 5.74) is 0. The molecule has 2 aromatic carbocycles. The van der Waals surface area contributed by atoms with Gasteiger partial charge in [0.25, 0.3) is 0 Å². The Morgan fingerprint density at radius 3 is 1.27 bits per heavy atom. The zero-order valence-corrected chi connectivity index (χ0v) is 18.5. The molecule has 0 amide bonds. The fourth-order valence-electron chi connectivity index (χ4n) is 2.06. The summed E-state index contributed by atoms with van der Waals surface area (Å²) in [6.07, 6.45) is 19.5. The fourth-order valence-corrected chi connectivity index (χ4v) is 5.00. The summed E-state index contributed by atoms with van der Waals surface area (Å²) in [5, 5.41) is 2.95. The van der Waals surface area contributed by atoms with Gasteiger partial charge in [-0.05, 0) is 0 Å². The first-order valence-electron chi connectivity index (χ1n) is 8.01. The van der Waals surface area contributed by atoms with E-state index in [4.69, 9.17) is 0 Å². The van der Waals surface area contributed by atoms with Gasteiger partial charge in [-0.15, -0.1) is 12.8 Å². The van der Waals surface area contributed by atoms with E-state index >= 15 is 0 Å². The summed E-state index contributed by atoms with van der Waals surface area (Å²) < 4.78 is 0. The average molecular weight is 431 g/mol. The van der Waals surface area contributed by atoms with Crippen LogP contribution >= 0.6 is 0 Å². The van der Waals surface area contributed by atoms with Crippen LogP contribution in [0.2, 0.25) is 0 Å². The minimum atomic E-state index is -0.545. The topological polar surface area (TPSA) is 0 Å². The molecule has 0 aliphatic heterocycles. The van der Waals surface area contributed by atoms with Crippen molar-refractivity contribution in [3.8, 4) is 0 Å². The Morgan fingerprint density at radius 2 is 1.04 bits per heavy atom. The van der Waals surface area contributed by atoms with Crippen LogP contribution in [0.1, 0.15) is 12.8 Å². The van der Waals surface area contributed by atoms with Gasteiger partial charge in [0.15, 0.2) is 0 Å². The quantitative estimate of drug-likeness (QED) is 0.380. The number of allylic oxidation sites excluding steroid dienone is 8. The summed E-state index contributed by atoms with van der Waals surface area (Å²) in [6.45, 7) is 0. The molecule has 0 bridgehead atoms. The van der Waals surface area contributed by atoms with Crippen LogP contribution in [-0.2, 0) is 19.2 Å². The first-order valence-corrected chi connectivity index (χ1v) is 11.8. The number of halogens is 2. The molecule has 2 aromatic rings. The van der Waals surface area contributed by atoms with Gasteiger partial charge in [0.1, 0.15) is 0 Å². The van der Waals surface area contributed by atoms with Crippen molar-refractivity contribution in [1.29, 1.82) is 0 Å². The summed E-state index contributed by atoms with van der Waals surface area (Å²) in [4.78, 5) is 0. The first-order chi connectivity index (χ1) is 11.9. The van der Waals surface area contributed by atoms with Crippen molar-refractivity contribution < 1.29 is 44.0 Å². The maximum atomic E-state index is 2.99. The number of benzene rings is 2. The van der Waals surface area contributed by atoms with E-state index in [2.05, 4.69) is 104 Å². The summed E-state index contributed by atoms with van der Waals surface area (Å²) in [7, 11) is 0. The number of hydrogen-bond acceptors (Lipinski definition) is 0. The van der Waals surface area contributed by atoms with E-state index in [9.17, 15) is 0 Å². The van der Waals surface area contributed by atoms with Crippen LogP contribution in [0.5, 0.6) is 0 Å². The van der Waals surface area contributed by atoms with Crippen LogP contribution in [0.4, 0.5) is 0 Å². The standard InChI is InChI=1S/C12H10Si.2C5H5.2ClH.Ti/c1-3-7-11(8-4-1)13-12-9-5-2-6-10-12;2*1-2-4-5-3-1;;;/h1-10H;2*1-3H,4H2;2*1H;/q;2*-1;;;+2/p-2. The SMILES string of the molecule is [C-]1=CC=CC1.[C-]1=CC=CC1.[Cl-].[Cl-].[Ti+2]=[Si](c1ccccc1)c1ccccc1. The van der Waals surface area contributed by atoms with Crippen molar-refractivity contribution in [3.63, 3.8) is 0 Å². The van der Waals surface area contributed by atoms with Crippen molar-refractivity contribution >= 4 is 16.6 Å². The molecule has 0 fully saturated rings. The van der Waals surface area contributed by atoms with E-state index in [-0.39, 0.29) is 24.8 Å². The molecule has 0 N–H and O–H groups in total. The predicted molar refractivity (Wildman–Crippen MR) is 101 cm³/mol. The van der Waals surface area contributed by atoms with Gasteiger partial charge in [0.05, 0.1) is 0 Å². The van der Waals surface area contributed by atoms with Gasteiger partial charge in [0, 0.05) is 0 Å². The molecular weight excluding hydrogens is 411 g/mol. The number of rotatable bonds is 2. The first kappa shape index (κ1) is 24.9. The molecule has 0 nitrogen and oxygen atoms in total. The third kappa shape index (κ3) is 10.2. The van der Waals surface area contributed by atoms with Crippen LogP contribution in [0.3, 0.4) is 0 Å². The molecule has 2 aliphatic rings. The van der Waals surface area contributed by atoms with Crippen molar-refractivity contribution in [2.75, 3.05) is 0 Å². The Labute approximate surface area is 181 Å². The van der Waals surface area contributed by atoms with Crippen LogP contribution < -0.4 is 35.2 Å². The molecule has 0 saturated heterocycles. The summed E-state index contributed by atoms with van der Waals surface area (Å²) in [6, 6.07) is 21.5. The van der Waals surface area contributed by atoms with Crippen LogP contribution in [0, 0.1) is 12.2 Å². The van der Waals surface area contributed by atoms with Crippen molar-refractivity contribution in [2.45, 2.75) is 12.8 Å². The maximum absolute atomic E-state index is 2.99. The Hall–Kier alpha value is -1.09. The van der Waals surface area contributed by atoms with Gasteiger partial charge in [-0.1, -0.05) is 0 Å². The van der Waals surface area contributed by atoms with Crippen molar-refractivity contribution in [1.82, 2.24) is 0 Å². The molecule has 4 rings (SSSR count). The molecule has 0 radical (unpaired) electrons. The monoisotopic (exact) mass is 430 g/mol. The van der Waals surface area contributed by atoms with Crippen LogP contribution in [0.15, 0.2) is 97.1 Å². The van der Waals surface area contributed by atoms with Gasteiger partial charge < -0.3 is 24.8 Å². The van der Waals surface area contributed by atoms with E-state index in [1.807, 2.05) is 24.3 Å². The molecule has 0 saturated carbocycles. The Bertz CT molecular complexity index is 652. The molecule has 2 aliphatic carbocycles. The normalized spacial score (nSPS) is 12.1. The van der Waals surface area contributed by atoms with Crippen LogP contribution in [-0.4, -0.2) is 6.19 Å². The molecule has 0 aromatic heterocycles. The van der Waals surface area contributed by atoms with E-state index in [1.54, 1.807) is 0 Å². The van der Waals surface area contributed by atoms with Gasteiger partial charge in [0.2, 0.25) is 0 Å². The molecule has 0 heterocycles. The summed E-state index contributed by atoms with van der Waals surface area (Å²) >= 11 is 2.34. The van der Waals surface area contributed by atoms with E-state index in [0.29, 0.717) is 0 Å². The Kier molecular flexibility index (Phi) is 15.4. The van der Waals surface area contributed by atoms with Gasteiger partial charge in [-0.25, -0.2) is 24.3 Å². The Balaban J connectivity index is 0.000000432. The van der Waals surface area contributed by atoms with Gasteiger partial charge in [-0.3, -0.25) is 12.2 Å². The van der Waals surface area contributed by atoms with Gasteiger partial charge in [-0.2, -0.15) is 12.2 Å². The molecule has 4 heteroatoms. The average Bonchev–Trinajstić information content (AvgIpc) is 3.41. The van der Waals surface area contributed by atoms with E-state index in [0.717, 1.165) is 12.8 Å². The molecule has 0 spiro atoms. The van der Waals surface area contributed by atoms with Crippen molar-refractivity contribution in [3.05, 3.63) is 109 Å². The van der Waals surface area contributed by atoms with Crippen LogP contribution in [0.25, 0.3) is 0 Å². The molecule has 132 valence electrons. The second-order valence-corrected chi connectivity index (χ2v) is 9.36. The van der Waals surface area contributed by atoms with Crippen molar-refractivity contribution in [2.24, 2.45) is 0 Å². The fraction of sp³-hybridized carbons (Fsp3) is 0.0909. The molecule has 26 heavy (non-hydrogen) atoms. The molecular formula is C22H20Cl2SiTi-2. The molecule has 0 unspecified atom stereocenters. The van der Waals surface area contributed by atoms with E-state index in [1.165, 1.54) is 10.4 Å². The zero-order valence-electron chi connectivity index (χ0n) is 14.4. The van der Waals surface area contributed by atoms with Gasteiger partial charge >= 0.3 is 96.4 Å². The third-order valence-corrected chi connectivity index (χ3v) is 7.82. The second kappa shape index (κ2) is 16.1. The van der Waals surface area contributed by atoms with E-state index < -0.39 is 6.19 Å². The minimum absolute atomic E-state index is 0. The number of hydrogen-bond donors (Lipinski definition) is 0. The molecule has 0 atom stereocenters. The third-order valence-electron chi connectivity index (χ3n) is 3.30. The Morgan fingerprint density at radius 1 is 0.654 bits per heavy atom.